The topological polar surface area (TPSA) is 0 Å². The molecular formula is C11H15Cl. The second-order valence-corrected chi connectivity index (χ2v) is 3.81. The van der Waals surface area contributed by atoms with Crippen LogP contribution in [0.15, 0.2) is 18.2 Å². The predicted molar refractivity (Wildman–Crippen MR) is 54.9 cm³/mol. The van der Waals surface area contributed by atoms with Crippen molar-refractivity contribution in [2.75, 3.05) is 0 Å². The molecule has 0 aliphatic rings. The third kappa shape index (κ3) is 2.25. The van der Waals surface area contributed by atoms with Crippen molar-refractivity contribution in [3.8, 4) is 0 Å². The van der Waals surface area contributed by atoms with E-state index < -0.39 is 0 Å². The number of rotatable bonds is 2. The summed E-state index contributed by atoms with van der Waals surface area (Å²) in [6.07, 6.45) is 1.17. The van der Waals surface area contributed by atoms with Crippen LogP contribution in [0, 0.1) is 6.92 Å². The van der Waals surface area contributed by atoms with Gasteiger partial charge in [0.15, 0.2) is 0 Å². The lowest BCUT2D eigenvalue weighted by Crippen LogP contribution is -1.91. The highest BCUT2D eigenvalue weighted by Gasteiger charge is 2.03. The number of hydrogen-bond acceptors (Lipinski definition) is 0. The standard InChI is InChI=1S/C11H15Cl/c1-4-9(3)10-5-8(2)6-11(12)7-10/h5-7,9H,4H2,1-3H3. The summed E-state index contributed by atoms with van der Waals surface area (Å²) in [7, 11) is 0. The van der Waals surface area contributed by atoms with Crippen molar-refractivity contribution in [3.63, 3.8) is 0 Å². The van der Waals surface area contributed by atoms with Crippen molar-refractivity contribution in [1.82, 2.24) is 0 Å². The lowest BCUT2D eigenvalue weighted by molar-refractivity contribution is 0.733. The minimum absolute atomic E-state index is 0.613. The Morgan fingerprint density at radius 1 is 1.33 bits per heavy atom. The van der Waals surface area contributed by atoms with Gasteiger partial charge in [0, 0.05) is 5.02 Å². The summed E-state index contributed by atoms with van der Waals surface area (Å²) in [6.45, 7) is 6.50. The van der Waals surface area contributed by atoms with Gasteiger partial charge in [-0.2, -0.15) is 0 Å². The van der Waals surface area contributed by atoms with Crippen molar-refractivity contribution < 1.29 is 0 Å². The average Bonchev–Trinajstić information content (AvgIpc) is 2.01. The molecule has 0 aliphatic heterocycles. The van der Waals surface area contributed by atoms with E-state index in [4.69, 9.17) is 11.6 Å². The molecule has 0 N–H and O–H groups in total. The molecular weight excluding hydrogens is 168 g/mol. The van der Waals surface area contributed by atoms with Crippen LogP contribution in [0.1, 0.15) is 37.3 Å². The fourth-order valence-corrected chi connectivity index (χ4v) is 1.58. The largest absolute Gasteiger partial charge is 0.0843 e. The van der Waals surface area contributed by atoms with E-state index in [1.807, 2.05) is 6.07 Å². The highest BCUT2D eigenvalue weighted by Crippen LogP contribution is 2.23. The van der Waals surface area contributed by atoms with E-state index in [0.717, 1.165) is 5.02 Å². The number of halogens is 1. The van der Waals surface area contributed by atoms with Crippen molar-refractivity contribution in [1.29, 1.82) is 0 Å². The van der Waals surface area contributed by atoms with Crippen LogP contribution in [0.5, 0.6) is 0 Å². The first-order chi connectivity index (χ1) is 5.63. The van der Waals surface area contributed by atoms with Gasteiger partial charge in [-0.15, -0.1) is 0 Å². The first-order valence-corrected chi connectivity index (χ1v) is 4.78. The van der Waals surface area contributed by atoms with Crippen molar-refractivity contribution in [3.05, 3.63) is 34.3 Å². The molecule has 0 aromatic heterocycles. The van der Waals surface area contributed by atoms with E-state index in [1.165, 1.54) is 17.5 Å². The molecule has 0 bridgehead atoms. The van der Waals surface area contributed by atoms with E-state index in [2.05, 4.69) is 32.9 Å². The van der Waals surface area contributed by atoms with Gasteiger partial charge >= 0.3 is 0 Å². The summed E-state index contributed by atoms with van der Waals surface area (Å²) < 4.78 is 0. The first kappa shape index (κ1) is 9.60. The third-order valence-corrected chi connectivity index (χ3v) is 2.46. The second-order valence-electron chi connectivity index (χ2n) is 3.37. The molecule has 0 spiro atoms. The van der Waals surface area contributed by atoms with Crippen LogP contribution in [0.4, 0.5) is 0 Å². The Morgan fingerprint density at radius 2 is 2.00 bits per heavy atom. The van der Waals surface area contributed by atoms with Crippen LogP contribution in [-0.2, 0) is 0 Å². The Hall–Kier alpha value is -0.490. The lowest BCUT2D eigenvalue weighted by Gasteiger charge is -2.09. The zero-order valence-electron chi connectivity index (χ0n) is 7.89. The highest BCUT2D eigenvalue weighted by atomic mass is 35.5. The fourth-order valence-electron chi connectivity index (χ4n) is 1.28. The summed E-state index contributed by atoms with van der Waals surface area (Å²) in [5.41, 5.74) is 2.60. The fraction of sp³-hybridized carbons (Fsp3) is 0.455. The van der Waals surface area contributed by atoms with Gasteiger partial charge in [-0.3, -0.25) is 0 Å². The number of hydrogen-bond donors (Lipinski definition) is 0. The van der Waals surface area contributed by atoms with Crippen LogP contribution in [-0.4, -0.2) is 0 Å². The molecule has 0 aliphatic carbocycles. The van der Waals surface area contributed by atoms with Crippen LogP contribution >= 0.6 is 11.6 Å². The van der Waals surface area contributed by atoms with Gasteiger partial charge < -0.3 is 0 Å². The maximum Gasteiger partial charge on any atom is 0.0411 e. The minimum Gasteiger partial charge on any atom is -0.0843 e. The zero-order valence-corrected chi connectivity index (χ0v) is 8.65. The number of benzene rings is 1. The summed E-state index contributed by atoms with van der Waals surface area (Å²) in [5.74, 6) is 0.613. The van der Waals surface area contributed by atoms with E-state index in [-0.39, 0.29) is 0 Å². The molecule has 0 nitrogen and oxygen atoms in total. The molecule has 1 aromatic carbocycles. The molecule has 0 heterocycles. The molecule has 0 saturated carbocycles. The van der Waals surface area contributed by atoms with E-state index >= 15 is 0 Å². The molecule has 1 aromatic rings. The van der Waals surface area contributed by atoms with E-state index in [1.54, 1.807) is 0 Å². The maximum absolute atomic E-state index is 5.95. The van der Waals surface area contributed by atoms with Gasteiger partial charge in [-0.05, 0) is 42.5 Å². The molecule has 1 unspecified atom stereocenters. The third-order valence-electron chi connectivity index (χ3n) is 2.25. The summed E-state index contributed by atoms with van der Waals surface area (Å²) >= 11 is 5.95. The first-order valence-electron chi connectivity index (χ1n) is 4.40. The molecule has 1 atom stereocenters. The molecule has 66 valence electrons. The van der Waals surface area contributed by atoms with Crippen LogP contribution < -0.4 is 0 Å². The molecule has 0 fully saturated rings. The highest BCUT2D eigenvalue weighted by molar-refractivity contribution is 6.30. The molecule has 1 rings (SSSR count). The van der Waals surface area contributed by atoms with Crippen molar-refractivity contribution in [2.24, 2.45) is 0 Å². The van der Waals surface area contributed by atoms with Gasteiger partial charge in [0.2, 0.25) is 0 Å². The smallest absolute Gasteiger partial charge is 0.0411 e. The monoisotopic (exact) mass is 182 g/mol. The normalized spacial score (nSPS) is 13.0. The molecule has 0 radical (unpaired) electrons. The van der Waals surface area contributed by atoms with Gasteiger partial charge in [0.05, 0.1) is 0 Å². The van der Waals surface area contributed by atoms with Crippen LogP contribution in [0.25, 0.3) is 0 Å². The van der Waals surface area contributed by atoms with Gasteiger partial charge in [-0.1, -0.05) is 31.5 Å². The molecule has 0 amide bonds. The summed E-state index contributed by atoms with van der Waals surface area (Å²) in [6, 6.07) is 6.26. The molecule has 1 heteroatoms. The number of aryl methyl sites for hydroxylation is 1. The van der Waals surface area contributed by atoms with Crippen LogP contribution in [0.3, 0.4) is 0 Å². The summed E-state index contributed by atoms with van der Waals surface area (Å²) in [4.78, 5) is 0. The van der Waals surface area contributed by atoms with Crippen molar-refractivity contribution >= 4 is 11.6 Å². The Balaban J connectivity index is 3.00. The van der Waals surface area contributed by atoms with Gasteiger partial charge in [0.1, 0.15) is 0 Å². The zero-order chi connectivity index (χ0) is 9.14. The average molecular weight is 183 g/mol. The van der Waals surface area contributed by atoms with Gasteiger partial charge in [-0.25, -0.2) is 0 Å². The van der Waals surface area contributed by atoms with Crippen molar-refractivity contribution in [2.45, 2.75) is 33.1 Å². The van der Waals surface area contributed by atoms with E-state index in [0.29, 0.717) is 5.92 Å². The minimum atomic E-state index is 0.613. The molecule has 12 heavy (non-hydrogen) atoms. The Morgan fingerprint density at radius 3 is 2.50 bits per heavy atom. The Labute approximate surface area is 79.6 Å². The second kappa shape index (κ2) is 3.95. The molecule has 0 saturated heterocycles. The SMILES string of the molecule is CCC(C)c1cc(C)cc(Cl)c1. The van der Waals surface area contributed by atoms with Gasteiger partial charge in [0.25, 0.3) is 0 Å². The summed E-state index contributed by atoms with van der Waals surface area (Å²) in [5, 5.41) is 0.852. The predicted octanol–water partition coefficient (Wildman–Crippen LogP) is 4.16. The maximum atomic E-state index is 5.95. The van der Waals surface area contributed by atoms with E-state index in [9.17, 15) is 0 Å². The van der Waals surface area contributed by atoms with Crippen LogP contribution in [0.2, 0.25) is 5.02 Å². The Kier molecular flexibility index (Phi) is 3.16. The Bertz CT molecular complexity index is 245. The lowest BCUT2D eigenvalue weighted by atomic mass is 9.97. The quantitative estimate of drug-likeness (QED) is 0.644.